The third-order valence-electron chi connectivity index (χ3n) is 3.26. The molecule has 0 saturated carbocycles. The molecular weight excluding hydrogens is 222 g/mol. The van der Waals surface area contributed by atoms with Crippen molar-refractivity contribution in [3.63, 3.8) is 0 Å². The number of hydrogen-bond donors (Lipinski definition) is 3. The van der Waals surface area contributed by atoms with E-state index in [-0.39, 0.29) is 30.9 Å². The van der Waals surface area contributed by atoms with Crippen molar-refractivity contribution in [3.8, 4) is 0 Å². The van der Waals surface area contributed by atoms with Gasteiger partial charge < -0.3 is 15.5 Å². The Bertz CT molecular complexity index is 278. The number of amides is 1. The largest absolute Gasteiger partial charge is 0.481 e. The van der Waals surface area contributed by atoms with Crippen LogP contribution in [0.25, 0.3) is 0 Å². The third-order valence-corrected chi connectivity index (χ3v) is 3.26. The lowest BCUT2D eigenvalue weighted by molar-refractivity contribution is -0.153. The first-order valence-electron chi connectivity index (χ1n) is 5.87. The van der Waals surface area contributed by atoms with Gasteiger partial charge in [0.25, 0.3) is 0 Å². The van der Waals surface area contributed by atoms with E-state index in [1.165, 1.54) is 0 Å². The average molecular weight is 245 g/mol. The summed E-state index contributed by atoms with van der Waals surface area (Å²) in [7, 11) is 0. The molecule has 3 N–H and O–H groups in total. The summed E-state index contributed by atoms with van der Waals surface area (Å²) in [6.07, 6.45) is 0.424. The fraction of sp³-hybridized carbons (Fsp3) is 0.833. The first kappa shape index (κ1) is 15.9. The highest BCUT2D eigenvalue weighted by Gasteiger charge is 2.38. The van der Waals surface area contributed by atoms with Gasteiger partial charge in [-0.3, -0.25) is 9.59 Å². The number of aliphatic hydroxyl groups excluding tert-OH is 1. The van der Waals surface area contributed by atoms with Crippen LogP contribution in [0.4, 0.5) is 0 Å². The maximum atomic E-state index is 11.7. The lowest BCUT2D eigenvalue weighted by Gasteiger charge is -2.28. The van der Waals surface area contributed by atoms with Crippen LogP contribution in [0.5, 0.6) is 0 Å². The zero-order valence-corrected chi connectivity index (χ0v) is 11.0. The normalized spacial score (nSPS) is 16.4. The standard InChI is InChI=1S/C12H23NO4/c1-8(2)12(4,11(16)17)7-10(15)13-9(3)5-6-14/h8-9,14H,5-7H2,1-4H3,(H,13,15)(H,16,17). The summed E-state index contributed by atoms with van der Waals surface area (Å²) >= 11 is 0. The molecule has 0 aliphatic rings. The van der Waals surface area contributed by atoms with Gasteiger partial charge in [0.05, 0.1) is 5.41 Å². The molecule has 0 aromatic carbocycles. The number of carboxylic acids is 1. The van der Waals surface area contributed by atoms with Gasteiger partial charge in [0.15, 0.2) is 0 Å². The Kier molecular flexibility index (Phi) is 6.16. The lowest BCUT2D eigenvalue weighted by Crippen LogP contribution is -2.41. The Morgan fingerprint density at radius 1 is 1.29 bits per heavy atom. The monoisotopic (exact) mass is 245 g/mol. The van der Waals surface area contributed by atoms with E-state index in [1.54, 1.807) is 27.7 Å². The Hall–Kier alpha value is -1.10. The minimum atomic E-state index is -1.05. The number of carbonyl (C=O) groups excluding carboxylic acids is 1. The molecule has 17 heavy (non-hydrogen) atoms. The van der Waals surface area contributed by atoms with Gasteiger partial charge in [-0.15, -0.1) is 0 Å². The highest BCUT2D eigenvalue weighted by Crippen LogP contribution is 2.31. The second-order valence-corrected chi connectivity index (χ2v) is 5.03. The summed E-state index contributed by atoms with van der Waals surface area (Å²) in [6.45, 7) is 6.94. The molecule has 0 fully saturated rings. The van der Waals surface area contributed by atoms with E-state index in [0.29, 0.717) is 6.42 Å². The second kappa shape index (κ2) is 6.59. The number of rotatable bonds is 7. The fourth-order valence-corrected chi connectivity index (χ4v) is 1.45. The molecule has 0 bridgehead atoms. The number of hydrogen-bond acceptors (Lipinski definition) is 3. The maximum Gasteiger partial charge on any atom is 0.310 e. The van der Waals surface area contributed by atoms with Crippen LogP contribution in [0.2, 0.25) is 0 Å². The van der Waals surface area contributed by atoms with Gasteiger partial charge in [0.1, 0.15) is 0 Å². The number of carbonyl (C=O) groups is 2. The van der Waals surface area contributed by atoms with Gasteiger partial charge in [-0.2, -0.15) is 0 Å². The maximum absolute atomic E-state index is 11.7. The smallest absolute Gasteiger partial charge is 0.310 e. The summed E-state index contributed by atoms with van der Waals surface area (Å²) in [5.74, 6) is -1.37. The van der Waals surface area contributed by atoms with E-state index in [4.69, 9.17) is 10.2 Å². The molecule has 0 aliphatic carbocycles. The van der Waals surface area contributed by atoms with Gasteiger partial charge >= 0.3 is 5.97 Å². The van der Waals surface area contributed by atoms with Gasteiger partial charge in [0.2, 0.25) is 5.91 Å². The van der Waals surface area contributed by atoms with Crippen molar-refractivity contribution in [2.75, 3.05) is 6.61 Å². The zero-order valence-electron chi connectivity index (χ0n) is 11.0. The van der Waals surface area contributed by atoms with Crippen LogP contribution in [-0.4, -0.2) is 34.7 Å². The van der Waals surface area contributed by atoms with Crippen molar-refractivity contribution in [3.05, 3.63) is 0 Å². The molecule has 0 rings (SSSR count). The quantitative estimate of drug-likeness (QED) is 0.624. The van der Waals surface area contributed by atoms with E-state index in [1.807, 2.05) is 0 Å². The van der Waals surface area contributed by atoms with Crippen LogP contribution in [-0.2, 0) is 9.59 Å². The van der Waals surface area contributed by atoms with E-state index >= 15 is 0 Å². The predicted molar refractivity (Wildman–Crippen MR) is 64.5 cm³/mol. The van der Waals surface area contributed by atoms with Gasteiger partial charge in [-0.05, 0) is 26.2 Å². The third kappa shape index (κ3) is 4.73. The van der Waals surface area contributed by atoms with Crippen LogP contribution in [0.15, 0.2) is 0 Å². The topological polar surface area (TPSA) is 86.6 Å². The van der Waals surface area contributed by atoms with Gasteiger partial charge in [0, 0.05) is 19.1 Å². The van der Waals surface area contributed by atoms with Crippen LogP contribution in [0.1, 0.15) is 40.5 Å². The number of aliphatic hydroxyl groups is 1. The highest BCUT2D eigenvalue weighted by atomic mass is 16.4. The van der Waals surface area contributed by atoms with E-state index in [0.717, 1.165) is 0 Å². The van der Waals surface area contributed by atoms with Gasteiger partial charge in [-0.1, -0.05) is 13.8 Å². The molecule has 100 valence electrons. The van der Waals surface area contributed by atoms with E-state index in [9.17, 15) is 9.59 Å². The second-order valence-electron chi connectivity index (χ2n) is 5.03. The summed E-state index contributed by atoms with van der Waals surface area (Å²) in [5, 5.41) is 20.6. The molecule has 0 aromatic heterocycles. The molecule has 0 aromatic rings. The minimum absolute atomic E-state index is 0.00181. The fourth-order valence-electron chi connectivity index (χ4n) is 1.45. The molecule has 2 atom stereocenters. The van der Waals surface area contributed by atoms with Crippen molar-refractivity contribution in [1.29, 1.82) is 0 Å². The van der Waals surface area contributed by atoms with Crippen molar-refractivity contribution in [1.82, 2.24) is 5.32 Å². The minimum Gasteiger partial charge on any atom is -0.481 e. The average Bonchev–Trinajstić information content (AvgIpc) is 2.16. The molecule has 0 saturated heterocycles. The molecule has 5 heteroatoms. The first-order valence-corrected chi connectivity index (χ1v) is 5.87. The van der Waals surface area contributed by atoms with Crippen molar-refractivity contribution in [2.24, 2.45) is 11.3 Å². The Morgan fingerprint density at radius 3 is 2.18 bits per heavy atom. The molecule has 1 amide bonds. The van der Waals surface area contributed by atoms with Crippen LogP contribution < -0.4 is 5.32 Å². The summed E-state index contributed by atoms with van der Waals surface area (Å²) in [5.41, 5.74) is -1.05. The molecule has 0 aliphatic heterocycles. The van der Waals surface area contributed by atoms with Crippen molar-refractivity contribution < 1.29 is 19.8 Å². The SMILES string of the molecule is CC(CCO)NC(=O)CC(C)(C(=O)O)C(C)C. The van der Waals surface area contributed by atoms with Crippen molar-refractivity contribution in [2.45, 2.75) is 46.6 Å². The van der Waals surface area contributed by atoms with E-state index < -0.39 is 11.4 Å². The summed E-state index contributed by atoms with van der Waals surface area (Å²) in [4.78, 5) is 22.9. The number of aliphatic carboxylic acids is 1. The van der Waals surface area contributed by atoms with Crippen LogP contribution >= 0.6 is 0 Å². The molecule has 0 heterocycles. The van der Waals surface area contributed by atoms with Gasteiger partial charge in [-0.25, -0.2) is 0 Å². The van der Waals surface area contributed by atoms with Crippen molar-refractivity contribution >= 4 is 11.9 Å². The van der Waals surface area contributed by atoms with Crippen LogP contribution in [0, 0.1) is 11.3 Å². The Morgan fingerprint density at radius 2 is 1.82 bits per heavy atom. The first-order chi connectivity index (χ1) is 7.74. The summed E-state index contributed by atoms with van der Waals surface area (Å²) < 4.78 is 0. The molecule has 0 radical (unpaired) electrons. The number of nitrogens with one attached hydrogen (secondary N) is 1. The molecule has 5 nitrogen and oxygen atoms in total. The van der Waals surface area contributed by atoms with Crippen LogP contribution in [0.3, 0.4) is 0 Å². The summed E-state index contributed by atoms with van der Waals surface area (Å²) in [6, 6.07) is -0.141. The number of carboxylic acid groups (broad SMARTS) is 1. The zero-order chi connectivity index (χ0) is 13.6. The van der Waals surface area contributed by atoms with E-state index in [2.05, 4.69) is 5.32 Å². The Labute approximate surface area is 102 Å². The lowest BCUT2D eigenvalue weighted by atomic mass is 9.76. The Balaban J connectivity index is 4.48. The highest BCUT2D eigenvalue weighted by molar-refractivity contribution is 5.85. The molecule has 0 spiro atoms. The molecule has 2 unspecified atom stereocenters. The molecular formula is C12H23NO4. The predicted octanol–water partition coefficient (Wildman–Crippen LogP) is 1.01.